The van der Waals surface area contributed by atoms with Gasteiger partial charge in [-0.3, -0.25) is 19.2 Å². The van der Waals surface area contributed by atoms with Crippen molar-refractivity contribution in [2.24, 2.45) is 17.3 Å². The molecule has 1 aliphatic heterocycles. The van der Waals surface area contributed by atoms with E-state index in [0.717, 1.165) is 47.5 Å². The van der Waals surface area contributed by atoms with E-state index in [9.17, 15) is 23.6 Å². The molecular formula is C31H36FN5O5. The molecule has 1 aliphatic carbocycles. The van der Waals surface area contributed by atoms with Crippen LogP contribution < -0.4 is 15.4 Å². The molecule has 0 radical (unpaired) electrons. The Morgan fingerprint density at radius 3 is 2.57 bits per heavy atom. The van der Waals surface area contributed by atoms with Crippen molar-refractivity contribution in [3.63, 3.8) is 0 Å². The molecule has 0 atom stereocenters. The van der Waals surface area contributed by atoms with Crippen LogP contribution in [0.4, 0.5) is 4.39 Å². The van der Waals surface area contributed by atoms with Gasteiger partial charge >= 0.3 is 0 Å². The smallest absolute Gasteiger partial charge is 0.270 e. The minimum atomic E-state index is -0.753. The molecule has 10 nitrogen and oxygen atoms in total. The summed E-state index contributed by atoms with van der Waals surface area (Å²) in [6.45, 7) is 6.79. The molecule has 42 heavy (non-hydrogen) atoms. The number of ether oxygens (including phenoxy) is 1. The lowest BCUT2D eigenvalue weighted by molar-refractivity contribution is -0.125. The highest BCUT2D eigenvalue weighted by Gasteiger charge is 2.29. The van der Waals surface area contributed by atoms with Gasteiger partial charge in [-0.2, -0.15) is 5.10 Å². The monoisotopic (exact) mass is 577 g/mol. The van der Waals surface area contributed by atoms with E-state index >= 15 is 0 Å². The summed E-state index contributed by atoms with van der Waals surface area (Å²) >= 11 is 0. The highest BCUT2D eigenvalue weighted by Crippen LogP contribution is 2.32. The molecule has 3 heterocycles. The Morgan fingerprint density at radius 2 is 1.83 bits per heavy atom. The molecule has 1 fully saturated rings. The van der Waals surface area contributed by atoms with Crippen molar-refractivity contribution in [2.45, 2.75) is 65.8 Å². The topological polar surface area (TPSA) is 132 Å². The van der Waals surface area contributed by atoms with Crippen molar-refractivity contribution in [1.29, 1.82) is 0 Å². The van der Waals surface area contributed by atoms with Crippen LogP contribution in [0.1, 0.15) is 85.0 Å². The van der Waals surface area contributed by atoms with Crippen LogP contribution in [-0.4, -0.2) is 51.1 Å². The first-order valence-electron chi connectivity index (χ1n) is 14.4. The lowest BCUT2D eigenvalue weighted by atomic mass is 9.76. The largest absolute Gasteiger partial charge is 0.486 e. The molecule has 5 rings (SSSR count). The van der Waals surface area contributed by atoms with Crippen LogP contribution in [0.5, 0.6) is 5.75 Å². The molecule has 2 amide bonds. The number of fused-ring (bicyclic) bond motifs is 2. The number of hydrogen-bond donors (Lipinski definition) is 2. The quantitative estimate of drug-likeness (QED) is 0.416. The second-order valence-corrected chi connectivity index (χ2v) is 12.5. The maximum absolute atomic E-state index is 14.5. The normalized spacial score (nSPS) is 18.7. The van der Waals surface area contributed by atoms with Crippen LogP contribution >= 0.6 is 0 Å². The first-order chi connectivity index (χ1) is 20.0. The number of amides is 2. The Morgan fingerprint density at radius 1 is 1.07 bits per heavy atom. The molecule has 0 bridgehead atoms. The number of hydrogen-bond acceptors (Lipinski definition) is 7. The Hall–Kier alpha value is -4.15. The minimum Gasteiger partial charge on any atom is -0.486 e. The van der Waals surface area contributed by atoms with Crippen LogP contribution in [0, 0.1) is 23.1 Å². The van der Waals surface area contributed by atoms with Crippen LogP contribution in [-0.2, 0) is 22.6 Å². The maximum Gasteiger partial charge on any atom is 0.270 e. The molecule has 1 saturated carbocycles. The van der Waals surface area contributed by atoms with Gasteiger partial charge in [-0.05, 0) is 54.7 Å². The molecule has 0 spiro atoms. The molecule has 11 heteroatoms. The third kappa shape index (κ3) is 6.83. The zero-order valence-corrected chi connectivity index (χ0v) is 24.2. The Balaban J connectivity index is 1.22. The van der Waals surface area contributed by atoms with Crippen LogP contribution in [0.3, 0.4) is 0 Å². The number of carbonyl (C=O) groups excluding carboxylic acids is 4. The van der Waals surface area contributed by atoms with Crippen molar-refractivity contribution in [3.05, 3.63) is 58.8 Å². The maximum atomic E-state index is 14.5. The number of aromatic nitrogens is 3. The van der Waals surface area contributed by atoms with Crippen molar-refractivity contribution in [3.8, 4) is 5.75 Å². The van der Waals surface area contributed by atoms with Crippen molar-refractivity contribution in [2.75, 3.05) is 13.2 Å². The summed E-state index contributed by atoms with van der Waals surface area (Å²) in [5, 5.41) is 9.59. The molecule has 0 saturated heterocycles. The number of rotatable bonds is 8. The van der Waals surface area contributed by atoms with Gasteiger partial charge in [0.1, 0.15) is 29.5 Å². The number of ketones is 2. The number of carbonyl (C=O) groups is 4. The Kier molecular flexibility index (Phi) is 8.38. The molecule has 0 unspecified atom stereocenters. The average Bonchev–Trinajstić information content (AvgIpc) is 3.33. The fraction of sp³-hybridized carbons (Fsp3) is 0.484. The third-order valence-corrected chi connectivity index (χ3v) is 7.81. The second-order valence-electron chi connectivity index (χ2n) is 12.5. The Labute approximate surface area is 243 Å². The second kappa shape index (κ2) is 12.0. The van der Waals surface area contributed by atoms with Crippen LogP contribution in [0.2, 0.25) is 0 Å². The highest BCUT2D eigenvalue weighted by molar-refractivity contribution is 5.98. The number of benzene rings is 1. The van der Waals surface area contributed by atoms with E-state index in [1.54, 1.807) is 18.2 Å². The van der Waals surface area contributed by atoms with Crippen molar-refractivity contribution < 1.29 is 28.3 Å². The summed E-state index contributed by atoms with van der Waals surface area (Å²) in [5.74, 6) is -0.608. The van der Waals surface area contributed by atoms with E-state index in [1.807, 2.05) is 0 Å². The first kappa shape index (κ1) is 29.3. The lowest BCUT2D eigenvalue weighted by Gasteiger charge is -2.29. The highest BCUT2D eigenvalue weighted by atomic mass is 19.1. The van der Waals surface area contributed by atoms with Gasteiger partial charge in [-0.15, -0.1) is 0 Å². The first-order valence-corrected chi connectivity index (χ1v) is 14.4. The van der Waals surface area contributed by atoms with Crippen molar-refractivity contribution in [1.82, 2.24) is 25.2 Å². The third-order valence-electron chi connectivity index (χ3n) is 7.81. The van der Waals surface area contributed by atoms with Crippen molar-refractivity contribution >= 4 is 29.0 Å². The molecule has 222 valence electrons. The lowest BCUT2D eigenvalue weighted by Crippen LogP contribution is -2.34. The molecule has 3 aromatic rings. The molecular weight excluding hydrogens is 541 g/mol. The summed E-state index contributed by atoms with van der Waals surface area (Å²) in [7, 11) is 0. The summed E-state index contributed by atoms with van der Waals surface area (Å²) in [6, 6.07) is 6.64. The molecule has 2 aliphatic rings. The van der Waals surface area contributed by atoms with Gasteiger partial charge in [0.25, 0.3) is 11.8 Å². The summed E-state index contributed by atoms with van der Waals surface area (Å²) in [4.78, 5) is 54.7. The zero-order valence-electron chi connectivity index (χ0n) is 24.2. The standard InChI is InChI=1S/C31H36FN5O5/c1-31(2,3)13-26(39)20-7-4-18(5-8-20)14-34-30(41)25-12-24(36-28-23(32)16-35-37(25)28)29(40)33-15-19-6-9-27-21(10-19)11-22(38)17-42-27/h6,9-10,12,16,18,20H,4-5,7-8,11,13-15,17H2,1-3H3,(H,33,40)(H,34,41). The van der Waals surface area contributed by atoms with E-state index in [1.165, 1.54) is 6.07 Å². The number of halogens is 1. The van der Waals surface area contributed by atoms with Gasteiger partial charge in [0.2, 0.25) is 0 Å². The average molecular weight is 578 g/mol. The van der Waals surface area contributed by atoms with E-state index in [0.29, 0.717) is 24.5 Å². The van der Waals surface area contributed by atoms with E-state index in [2.05, 4.69) is 41.5 Å². The van der Waals surface area contributed by atoms with Gasteiger partial charge in [-0.1, -0.05) is 26.8 Å². The molecule has 2 N–H and O–H groups in total. The predicted molar refractivity (Wildman–Crippen MR) is 152 cm³/mol. The van der Waals surface area contributed by atoms with E-state index in [-0.39, 0.29) is 59.6 Å². The predicted octanol–water partition coefficient (Wildman–Crippen LogP) is 3.84. The van der Waals surface area contributed by atoms with Gasteiger partial charge < -0.3 is 15.4 Å². The summed E-state index contributed by atoms with van der Waals surface area (Å²) in [5.41, 5.74) is 1.12. The Bertz CT molecular complexity index is 1530. The minimum absolute atomic E-state index is 0.00691. The van der Waals surface area contributed by atoms with Gasteiger partial charge in [-0.25, -0.2) is 13.9 Å². The summed E-state index contributed by atoms with van der Waals surface area (Å²) < 4.78 is 21.0. The van der Waals surface area contributed by atoms with Gasteiger partial charge in [0.05, 0.1) is 6.20 Å². The van der Waals surface area contributed by atoms with Gasteiger partial charge in [0.15, 0.2) is 17.2 Å². The fourth-order valence-corrected chi connectivity index (χ4v) is 5.61. The van der Waals surface area contributed by atoms with Crippen LogP contribution in [0.15, 0.2) is 30.5 Å². The number of nitrogens with zero attached hydrogens (tertiary/aromatic N) is 3. The van der Waals surface area contributed by atoms with E-state index < -0.39 is 17.6 Å². The van der Waals surface area contributed by atoms with Gasteiger partial charge in [0, 0.05) is 43.5 Å². The number of nitrogens with one attached hydrogen (secondary N) is 2. The molecule has 1 aromatic carbocycles. The number of Topliss-reactive ketones (excluding diaryl/α,β-unsaturated/α-hetero) is 2. The SMILES string of the molecule is CC(C)(C)CC(=O)C1CCC(CNC(=O)c2cc(C(=O)NCc3ccc4c(c3)CC(=O)CO4)nc3c(F)cnn23)CC1. The zero-order chi connectivity index (χ0) is 30.0. The fourth-order valence-electron chi connectivity index (χ4n) is 5.61. The summed E-state index contributed by atoms with van der Waals surface area (Å²) in [6.07, 6.45) is 5.06. The van der Waals surface area contributed by atoms with Crippen LogP contribution in [0.25, 0.3) is 5.65 Å². The molecule has 2 aromatic heterocycles. The van der Waals surface area contributed by atoms with E-state index in [4.69, 9.17) is 4.74 Å².